The number of rotatable bonds is 6. The summed E-state index contributed by atoms with van der Waals surface area (Å²) in [5, 5.41) is 9.51. The maximum Gasteiger partial charge on any atom is 0.263 e. The zero-order valence-corrected chi connectivity index (χ0v) is 17.0. The average Bonchev–Trinajstić information content (AvgIpc) is 3.46. The first-order valence-corrected chi connectivity index (χ1v) is 10.8. The van der Waals surface area contributed by atoms with E-state index in [1.807, 2.05) is 69.7 Å². The maximum atomic E-state index is 12.5. The lowest BCUT2D eigenvalue weighted by molar-refractivity contribution is -0.126. The summed E-state index contributed by atoms with van der Waals surface area (Å²) in [7, 11) is 0. The molecule has 0 saturated carbocycles. The lowest BCUT2D eigenvalue weighted by Crippen LogP contribution is -2.43. The summed E-state index contributed by atoms with van der Waals surface area (Å²) in [6.45, 7) is 1.84. The first-order valence-electron chi connectivity index (χ1n) is 9.91. The number of aromatic nitrogens is 2. The molecule has 2 amide bonds. The van der Waals surface area contributed by atoms with Gasteiger partial charge < -0.3 is 10.2 Å². The zero-order chi connectivity index (χ0) is 20.1. The topological polar surface area (TPSA) is 67.2 Å². The predicted molar refractivity (Wildman–Crippen MR) is 113 cm³/mol. The first-order chi connectivity index (χ1) is 14.2. The van der Waals surface area contributed by atoms with E-state index in [2.05, 4.69) is 10.4 Å². The molecule has 7 heteroatoms. The molecule has 3 aromatic rings. The molecule has 1 N–H and O–H groups in total. The first kappa shape index (κ1) is 19.4. The van der Waals surface area contributed by atoms with Gasteiger partial charge in [-0.15, -0.1) is 11.3 Å². The smallest absolute Gasteiger partial charge is 0.263 e. The van der Waals surface area contributed by atoms with Crippen molar-refractivity contribution in [3.63, 3.8) is 0 Å². The third kappa shape index (κ3) is 4.74. The van der Waals surface area contributed by atoms with Crippen LogP contribution in [0.5, 0.6) is 0 Å². The highest BCUT2D eigenvalue weighted by atomic mass is 32.1. The molecule has 1 saturated heterocycles. The van der Waals surface area contributed by atoms with Crippen LogP contribution >= 0.6 is 11.3 Å². The second-order valence-corrected chi connectivity index (χ2v) is 8.12. The lowest BCUT2D eigenvalue weighted by Gasteiger charge is -2.31. The van der Waals surface area contributed by atoms with Gasteiger partial charge in [0.25, 0.3) is 5.91 Å². The van der Waals surface area contributed by atoms with Crippen molar-refractivity contribution in [2.24, 2.45) is 5.92 Å². The van der Waals surface area contributed by atoms with Gasteiger partial charge in [-0.2, -0.15) is 5.10 Å². The zero-order valence-electron chi connectivity index (χ0n) is 16.2. The highest BCUT2D eigenvalue weighted by Crippen LogP contribution is 2.21. The fraction of sp³-hybridized carbons (Fsp3) is 0.318. The summed E-state index contributed by atoms with van der Waals surface area (Å²) < 4.78 is 1.84. The number of nitrogens with one attached hydrogen (secondary N) is 1. The molecule has 1 fully saturated rings. The van der Waals surface area contributed by atoms with Crippen molar-refractivity contribution >= 4 is 23.2 Å². The molecule has 0 unspecified atom stereocenters. The summed E-state index contributed by atoms with van der Waals surface area (Å²) in [5.74, 6) is 0.132. The number of hydrogen-bond acceptors (Lipinski definition) is 4. The molecular weight excluding hydrogens is 384 g/mol. The van der Waals surface area contributed by atoms with Crippen molar-refractivity contribution in [1.82, 2.24) is 20.0 Å². The largest absolute Gasteiger partial charge is 0.355 e. The van der Waals surface area contributed by atoms with Gasteiger partial charge in [-0.05, 0) is 42.5 Å². The Labute approximate surface area is 174 Å². The summed E-state index contributed by atoms with van der Waals surface area (Å²) in [5.41, 5.74) is 1.97. The van der Waals surface area contributed by atoms with Crippen molar-refractivity contribution in [2.75, 3.05) is 19.6 Å². The van der Waals surface area contributed by atoms with Gasteiger partial charge in [0.1, 0.15) is 0 Å². The van der Waals surface area contributed by atoms with Crippen LogP contribution in [0, 0.1) is 5.92 Å². The maximum absolute atomic E-state index is 12.5. The fourth-order valence-electron chi connectivity index (χ4n) is 3.58. The van der Waals surface area contributed by atoms with Crippen LogP contribution in [0.2, 0.25) is 0 Å². The van der Waals surface area contributed by atoms with E-state index >= 15 is 0 Å². The third-order valence-corrected chi connectivity index (χ3v) is 6.09. The van der Waals surface area contributed by atoms with Crippen molar-refractivity contribution in [1.29, 1.82) is 0 Å². The van der Waals surface area contributed by atoms with Gasteiger partial charge in [0.05, 0.1) is 16.3 Å². The molecule has 150 valence electrons. The molecule has 1 aliphatic rings. The molecule has 0 aliphatic carbocycles. The SMILES string of the molecule is O=C(NCCc1ccn(-c2ccccc2)n1)C1CCN(C(=O)c2cccs2)CC1. The minimum absolute atomic E-state index is 0.0238. The minimum Gasteiger partial charge on any atom is -0.355 e. The van der Waals surface area contributed by atoms with Crippen molar-refractivity contribution in [2.45, 2.75) is 19.3 Å². The van der Waals surface area contributed by atoms with Gasteiger partial charge in [0.15, 0.2) is 0 Å². The number of likely N-dealkylation sites (tertiary alicyclic amines) is 1. The van der Waals surface area contributed by atoms with E-state index in [1.54, 1.807) is 0 Å². The molecule has 0 radical (unpaired) electrons. The van der Waals surface area contributed by atoms with Crippen LogP contribution < -0.4 is 5.32 Å². The molecule has 3 heterocycles. The molecule has 1 aromatic carbocycles. The molecule has 29 heavy (non-hydrogen) atoms. The van der Waals surface area contributed by atoms with Gasteiger partial charge in [-0.1, -0.05) is 24.3 Å². The Morgan fingerprint density at radius 1 is 1.07 bits per heavy atom. The number of amides is 2. The second kappa shape index (κ2) is 9.05. The Bertz CT molecular complexity index is 944. The Balaban J connectivity index is 1.21. The van der Waals surface area contributed by atoms with E-state index in [9.17, 15) is 9.59 Å². The Kier molecular flexibility index (Phi) is 6.05. The quantitative estimate of drug-likeness (QED) is 0.681. The molecular formula is C22H24N4O2S. The average molecular weight is 409 g/mol. The van der Waals surface area contributed by atoms with Crippen LogP contribution in [0.4, 0.5) is 0 Å². The Hall–Kier alpha value is -2.93. The molecule has 1 aliphatic heterocycles. The number of carbonyl (C=O) groups excluding carboxylic acids is 2. The van der Waals surface area contributed by atoms with Crippen LogP contribution in [-0.2, 0) is 11.2 Å². The molecule has 0 spiro atoms. The van der Waals surface area contributed by atoms with Crippen LogP contribution in [0.1, 0.15) is 28.2 Å². The number of benzene rings is 1. The molecule has 6 nitrogen and oxygen atoms in total. The number of carbonyl (C=O) groups is 2. The summed E-state index contributed by atoms with van der Waals surface area (Å²) in [4.78, 5) is 27.5. The predicted octanol–water partition coefficient (Wildman–Crippen LogP) is 3.14. The number of thiophene rings is 1. The van der Waals surface area contributed by atoms with E-state index in [1.165, 1.54) is 11.3 Å². The number of piperidine rings is 1. The highest BCUT2D eigenvalue weighted by Gasteiger charge is 2.27. The van der Waals surface area contributed by atoms with Crippen molar-refractivity contribution < 1.29 is 9.59 Å². The van der Waals surface area contributed by atoms with E-state index in [-0.39, 0.29) is 17.7 Å². The summed E-state index contributed by atoms with van der Waals surface area (Å²) in [6.07, 6.45) is 4.06. The Morgan fingerprint density at radius 2 is 1.86 bits per heavy atom. The summed E-state index contributed by atoms with van der Waals surface area (Å²) >= 11 is 1.46. The molecule has 4 rings (SSSR count). The van der Waals surface area contributed by atoms with Crippen molar-refractivity contribution in [3.05, 3.63) is 70.7 Å². The van der Waals surface area contributed by atoms with Crippen LogP contribution in [-0.4, -0.2) is 46.1 Å². The van der Waals surface area contributed by atoms with E-state index in [4.69, 9.17) is 0 Å². The number of nitrogens with zero attached hydrogens (tertiary/aromatic N) is 3. The normalized spacial score (nSPS) is 14.7. The van der Waals surface area contributed by atoms with E-state index in [0.29, 0.717) is 38.9 Å². The molecule has 0 atom stereocenters. The van der Waals surface area contributed by atoms with Crippen LogP contribution in [0.25, 0.3) is 5.69 Å². The van der Waals surface area contributed by atoms with Gasteiger partial charge in [0, 0.05) is 38.2 Å². The highest BCUT2D eigenvalue weighted by molar-refractivity contribution is 7.12. The molecule has 2 aromatic heterocycles. The summed E-state index contributed by atoms with van der Waals surface area (Å²) in [6, 6.07) is 15.7. The number of hydrogen-bond donors (Lipinski definition) is 1. The fourth-order valence-corrected chi connectivity index (χ4v) is 4.27. The van der Waals surface area contributed by atoms with E-state index < -0.39 is 0 Å². The van der Waals surface area contributed by atoms with Crippen molar-refractivity contribution in [3.8, 4) is 5.69 Å². The van der Waals surface area contributed by atoms with Gasteiger partial charge in [-0.25, -0.2) is 4.68 Å². The second-order valence-electron chi connectivity index (χ2n) is 7.17. The monoisotopic (exact) mass is 408 g/mol. The van der Waals surface area contributed by atoms with E-state index in [0.717, 1.165) is 16.3 Å². The Morgan fingerprint density at radius 3 is 2.59 bits per heavy atom. The van der Waals surface area contributed by atoms with Crippen LogP contribution in [0.15, 0.2) is 60.1 Å². The lowest BCUT2D eigenvalue weighted by atomic mass is 9.95. The number of para-hydroxylation sites is 1. The third-order valence-electron chi connectivity index (χ3n) is 5.23. The molecule has 0 bridgehead atoms. The van der Waals surface area contributed by atoms with Gasteiger partial charge in [0.2, 0.25) is 5.91 Å². The van der Waals surface area contributed by atoms with Gasteiger partial charge in [-0.3, -0.25) is 9.59 Å². The van der Waals surface area contributed by atoms with Crippen LogP contribution in [0.3, 0.4) is 0 Å². The standard InChI is InChI=1S/C22H24N4O2S/c27-21(17-9-13-25(14-10-17)22(28)20-7-4-16-29-20)23-12-8-18-11-15-26(24-18)19-5-2-1-3-6-19/h1-7,11,15-17H,8-10,12-14H2,(H,23,27). The minimum atomic E-state index is -0.0238. The van der Waals surface area contributed by atoms with Gasteiger partial charge >= 0.3 is 0 Å².